The lowest BCUT2D eigenvalue weighted by Gasteiger charge is -2.35. The summed E-state index contributed by atoms with van der Waals surface area (Å²) >= 11 is 0. The molecule has 13 heteroatoms. The lowest BCUT2D eigenvalue weighted by Crippen LogP contribution is -2.43. The molecule has 8 nitrogen and oxygen atoms in total. The molecule has 226 valence electrons. The van der Waals surface area contributed by atoms with Crippen molar-refractivity contribution in [3.63, 3.8) is 0 Å². The summed E-state index contributed by atoms with van der Waals surface area (Å²) in [7, 11) is -2.76. The van der Waals surface area contributed by atoms with Crippen LogP contribution in [0.4, 0.5) is 23.2 Å². The number of rotatable bonds is 11. The maximum absolute atomic E-state index is 14.4. The van der Waals surface area contributed by atoms with Crippen LogP contribution in [0.2, 0.25) is 0 Å². The fraction of sp³-hybridized carbons (Fsp3) is 0.345. The van der Waals surface area contributed by atoms with Crippen LogP contribution in [0.3, 0.4) is 0 Å². The monoisotopic (exact) mass is 609 g/mol. The molecular formula is C29H31F4N3O5S. The highest BCUT2D eigenvalue weighted by atomic mass is 32.2. The van der Waals surface area contributed by atoms with Crippen molar-refractivity contribution in [3.8, 4) is 11.6 Å². The largest absolute Gasteiger partial charge is 0.502 e. The summed E-state index contributed by atoms with van der Waals surface area (Å²) in [5.74, 6) is -0.332. The summed E-state index contributed by atoms with van der Waals surface area (Å²) in [4.78, 5) is -0.138. The van der Waals surface area contributed by atoms with Crippen LogP contribution >= 0.6 is 0 Å². The van der Waals surface area contributed by atoms with Gasteiger partial charge in [-0.25, -0.2) is 12.8 Å². The minimum absolute atomic E-state index is 0.0491. The van der Waals surface area contributed by atoms with Crippen molar-refractivity contribution in [3.05, 3.63) is 77.4 Å². The molecule has 1 atom stereocenters. The van der Waals surface area contributed by atoms with E-state index >= 15 is 0 Å². The smallest absolute Gasteiger partial charge is 0.417 e. The third kappa shape index (κ3) is 6.56. The van der Waals surface area contributed by atoms with Crippen LogP contribution in [0.15, 0.2) is 59.8 Å². The summed E-state index contributed by atoms with van der Waals surface area (Å²) in [6.07, 6.45) is -0.815. The number of alkyl halides is 3. The standard InChI is InChI=1S/C29H31F4N3O5S/c1-5-35-18-27(28(34-35)40-6-2)42(37,38)36-17-21(13-10-19(3)39-4)41-26-15-12-20(16-25(26)36)11-14-22-23(29(31,32)33)8-7-9-24(22)30/h7-9,11-12,14-16,18,21H,3,5-6,10,13,17H2,1-2,4H3/b14-11+/t21-/m0/s1. The molecule has 1 aliphatic heterocycles. The predicted octanol–water partition coefficient (Wildman–Crippen LogP) is 6.53. The Morgan fingerprint density at radius 1 is 1.21 bits per heavy atom. The number of allylic oxidation sites excluding steroid dienone is 1. The predicted molar refractivity (Wildman–Crippen MR) is 150 cm³/mol. The van der Waals surface area contributed by atoms with Crippen molar-refractivity contribution in [2.45, 2.75) is 50.4 Å². The number of aryl methyl sites for hydroxylation is 1. The zero-order chi connectivity index (χ0) is 30.7. The Labute approximate surface area is 241 Å². The van der Waals surface area contributed by atoms with E-state index in [2.05, 4.69) is 11.7 Å². The maximum Gasteiger partial charge on any atom is 0.417 e. The second-order valence-electron chi connectivity index (χ2n) is 9.40. The highest BCUT2D eigenvalue weighted by Crippen LogP contribution is 2.41. The average Bonchev–Trinajstić information content (AvgIpc) is 3.38. The molecule has 0 fully saturated rings. The molecule has 0 spiro atoms. The van der Waals surface area contributed by atoms with Gasteiger partial charge in [0.05, 0.1) is 37.3 Å². The molecule has 0 bridgehead atoms. The number of aromatic nitrogens is 2. The van der Waals surface area contributed by atoms with Crippen LogP contribution in [0.5, 0.6) is 11.6 Å². The first-order valence-corrected chi connectivity index (χ1v) is 14.6. The quantitative estimate of drug-likeness (QED) is 0.140. The summed E-state index contributed by atoms with van der Waals surface area (Å²) < 4.78 is 102. The topological polar surface area (TPSA) is 82.9 Å². The van der Waals surface area contributed by atoms with Gasteiger partial charge >= 0.3 is 6.18 Å². The third-order valence-corrected chi connectivity index (χ3v) is 8.38. The van der Waals surface area contributed by atoms with Gasteiger partial charge in [0, 0.05) is 24.7 Å². The fourth-order valence-electron chi connectivity index (χ4n) is 4.45. The molecule has 1 aromatic heterocycles. The second kappa shape index (κ2) is 12.5. The Balaban J connectivity index is 1.78. The highest BCUT2D eigenvalue weighted by Gasteiger charge is 2.38. The number of benzene rings is 2. The number of hydrogen-bond donors (Lipinski definition) is 0. The summed E-state index contributed by atoms with van der Waals surface area (Å²) in [5, 5.41) is 4.23. The van der Waals surface area contributed by atoms with Crippen molar-refractivity contribution in [1.82, 2.24) is 9.78 Å². The average molecular weight is 610 g/mol. The van der Waals surface area contributed by atoms with Gasteiger partial charge in [0.25, 0.3) is 15.9 Å². The van der Waals surface area contributed by atoms with Crippen molar-refractivity contribution in [1.29, 1.82) is 0 Å². The third-order valence-electron chi connectivity index (χ3n) is 6.62. The molecule has 4 rings (SSSR count). The Kier molecular flexibility index (Phi) is 9.19. The van der Waals surface area contributed by atoms with Gasteiger partial charge in [0.2, 0.25) is 0 Å². The molecule has 0 saturated heterocycles. The Hall–Kier alpha value is -4.00. The number of halogens is 4. The van der Waals surface area contributed by atoms with E-state index in [9.17, 15) is 26.0 Å². The molecule has 0 saturated carbocycles. The van der Waals surface area contributed by atoms with E-state index in [1.807, 2.05) is 0 Å². The van der Waals surface area contributed by atoms with Gasteiger partial charge < -0.3 is 14.2 Å². The number of fused-ring (bicyclic) bond motifs is 1. The van der Waals surface area contributed by atoms with Crippen LogP contribution in [0.25, 0.3) is 12.2 Å². The number of sulfonamides is 1. The molecule has 0 radical (unpaired) electrons. The first-order chi connectivity index (χ1) is 19.9. The van der Waals surface area contributed by atoms with Crippen LogP contribution in [0.1, 0.15) is 43.4 Å². The Morgan fingerprint density at radius 3 is 2.64 bits per heavy atom. The van der Waals surface area contributed by atoms with Gasteiger partial charge in [-0.05, 0) is 50.1 Å². The van der Waals surface area contributed by atoms with Gasteiger partial charge in [-0.1, -0.05) is 30.9 Å². The number of nitrogens with zero attached hydrogens (tertiary/aromatic N) is 3. The summed E-state index contributed by atoms with van der Waals surface area (Å²) in [6.45, 7) is 7.84. The van der Waals surface area contributed by atoms with E-state index in [1.54, 1.807) is 19.9 Å². The number of methoxy groups -OCH3 is 1. The maximum atomic E-state index is 14.4. The van der Waals surface area contributed by atoms with Gasteiger partial charge in [0.1, 0.15) is 17.7 Å². The first-order valence-electron chi connectivity index (χ1n) is 13.2. The normalized spacial score (nSPS) is 15.4. The van der Waals surface area contributed by atoms with Gasteiger partial charge in [-0.15, -0.1) is 5.10 Å². The van der Waals surface area contributed by atoms with Crippen molar-refractivity contribution >= 4 is 27.9 Å². The van der Waals surface area contributed by atoms with Crippen LogP contribution < -0.4 is 13.8 Å². The van der Waals surface area contributed by atoms with Crippen LogP contribution in [-0.4, -0.2) is 44.6 Å². The number of ether oxygens (including phenoxy) is 3. The first kappa shape index (κ1) is 30.9. The second-order valence-corrected chi connectivity index (χ2v) is 11.2. The van der Waals surface area contributed by atoms with Crippen LogP contribution in [-0.2, 0) is 27.5 Å². The Morgan fingerprint density at radius 2 is 1.98 bits per heavy atom. The summed E-state index contributed by atoms with van der Waals surface area (Å²) in [6, 6.07) is 7.26. The molecular weight excluding hydrogens is 578 g/mol. The summed E-state index contributed by atoms with van der Waals surface area (Å²) in [5.41, 5.74) is -1.26. The minimum Gasteiger partial charge on any atom is -0.502 e. The zero-order valence-corrected chi connectivity index (χ0v) is 24.1. The molecule has 0 amide bonds. The van der Waals surface area contributed by atoms with E-state index in [0.717, 1.165) is 24.3 Å². The molecule has 2 aromatic carbocycles. The number of anilines is 1. The lowest BCUT2D eigenvalue weighted by atomic mass is 10.0. The van der Waals surface area contributed by atoms with E-state index in [4.69, 9.17) is 14.2 Å². The Bertz CT molecular complexity index is 1580. The SMILES string of the molecule is C=C(CC[C@H]1CN(S(=O)(=O)c2cn(CC)nc2OCC)c2cc(/C=C/c3c(F)cccc3C(F)(F)F)ccc2O1)OC. The van der Waals surface area contributed by atoms with Gasteiger partial charge in [0.15, 0.2) is 4.90 Å². The lowest BCUT2D eigenvalue weighted by molar-refractivity contribution is -0.137. The van der Waals surface area contributed by atoms with E-state index in [0.29, 0.717) is 30.7 Å². The van der Waals surface area contributed by atoms with Crippen molar-refractivity contribution in [2.75, 3.05) is 24.6 Å². The molecule has 0 N–H and O–H groups in total. The molecule has 0 unspecified atom stereocenters. The van der Waals surface area contributed by atoms with Gasteiger partial charge in [-0.2, -0.15) is 13.2 Å². The number of hydrogen-bond acceptors (Lipinski definition) is 6. The molecule has 1 aliphatic rings. The molecule has 0 aliphatic carbocycles. The minimum atomic E-state index is -4.76. The molecule has 2 heterocycles. The van der Waals surface area contributed by atoms with E-state index < -0.39 is 39.2 Å². The molecule has 3 aromatic rings. The van der Waals surface area contributed by atoms with Crippen molar-refractivity contribution in [2.24, 2.45) is 0 Å². The van der Waals surface area contributed by atoms with Gasteiger partial charge in [-0.3, -0.25) is 8.99 Å². The van der Waals surface area contributed by atoms with E-state index in [-0.39, 0.29) is 35.4 Å². The fourth-order valence-corrected chi connectivity index (χ4v) is 6.02. The van der Waals surface area contributed by atoms with E-state index in [1.165, 1.54) is 40.5 Å². The molecule has 42 heavy (non-hydrogen) atoms. The highest BCUT2D eigenvalue weighted by molar-refractivity contribution is 7.93. The zero-order valence-electron chi connectivity index (χ0n) is 23.3. The van der Waals surface area contributed by atoms with Crippen molar-refractivity contribution < 1.29 is 40.2 Å². The van der Waals surface area contributed by atoms with Crippen LogP contribution in [0, 0.1) is 5.82 Å².